The molecule has 0 bridgehead atoms. The van der Waals surface area contributed by atoms with Gasteiger partial charge in [-0.15, -0.1) is 5.10 Å². The van der Waals surface area contributed by atoms with Crippen molar-refractivity contribution in [2.45, 2.75) is 18.9 Å². The van der Waals surface area contributed by atoms with Gasteiger partial charge in [-0.05, 0) is 25.8 Å². The number of hydrogen-bond donors (Lipinski definition) is 1. The summed E-state index contributed by atoms with van der Waals surface area (Å²) in [6.07, 6.45) is 3.31. The first-order chi connectivity index (χ1) is 8.02. The maximum Gasteiger partial charge on any atom is 0.150 e. The third-order valence-corrected chi connectivity index (χ3v) is 5.19. The molecule has 1 fully saturated rings. The highest BCUT2D eigenvalue weighted by Gasteiger charge is 2.30. The van der Waals surface area contributed by atoms with Crippen molar-refractivity contribution in [3.05, 3.63) is 11.9 Å². The molecule has 2 heterocycles. The first-order valence-corrected chi connectivity index (χ1v) is 7.56. The third-order valence-electron chi connectivity index (χ3n) is 3.35. The van der Waals surface area contributed by atoms with Crippen LogP contribution >= 0.6 is 0 Å². The van der Waals surface area contributed by atoms with Gasteiger partial charge in [0.15, 0.2) is 9.84 Å². The molecule has 0 aliphatic carbocycles. The fourth-order valence-corrected chi connectivity index (χ4v) is 4.27. The lowest BCUT2D eigenvalue weighted by molar-refractivity contribution is 0.418. The summed E-state index contributed by atoms with van der Waals surface area (Å²) in [6.45, 7) is 0. The van der Waals surface area contributed by atoms with E-state index in [2.05, 4.69) is 15.6 Å². The number of nitrogens with zero attached hydrogens (tertiary/aromatic N) is 3. The van der Waals surface area contributed by atoms with Crippen molar-refractivity contribution in [3.63, 3.8) is 0 Å². The third kappa shape index (κ3) is 2.84. The summed E-state index contributed by atoms with van der Waals surface area (Å²) in [4.78, 5) is 0. The summed E-state index contributed by atoms with van der Waals surface area (Å²) in [7, 11) is 0.927. The highest BCUT2D eigenvalue weighted by atomic mass is 32.2. The van der Waals surface area contributed by atoms with Crippen molar-refractivity contribution in [2.24, 2.45) is 13.0 Å². The predicted molar refractivity (Wildman–Crippen MR) is 64.2 cm³/mol. The van der Waals surface area contributed by atoms with Crippen molar-refractivity contribution in [3.8, 4) is 0 Å². The Morgan fingerprint density at radius 2 is 2.41 bits per heavy atom. The van der Waals surface area contributed by atoms with E-state index in [9.17, 15) is 8.42 Å². The van der Waals surface area contributed by atoms with Gasteiger partial charge >= 0.3 is 0 Å². The second-order valence-corrected chi connectivity index (χ2v) is 6.86. The van der Waals surface area contributed by atoms with E-state index in [0.717, 1.165) is 18.5 Å². The fourth-order valence-electron chi connectivity index (χ4n) is 2.39. The average Bonchev–Trinajstić information content (AvgIpc) is 2.81. The zero-order valence-corrected chi connectivity index (χ0v) is 10.9. The van der Waals surface area contributed by atoms with Crippen molar-refractivity contribution in [1.82, 2.24) is 20.3 Å². The van der Waals surface area contributed by atoms with E-state index in [-0.39, 0.29) is 12.0 Å². The standard InChI is InChI=1S/C10H18N4O2S/c1-11-9(10-6-12-13-14(10)2)5-8-3-4-17(15,16)7-8/h6,8-9,11H,3-5,7H2,1-2H3. The summed E-state index contributed by atoms with van der Waals surface area (Å²) in [5, 5.41) is 10.9. The van der Waals surface area contributed by atoms with Gasteiger partial charge in [0, 0.05) is 7.05 Å². The Labute approximate surface area is 101 Å². The van der Waals surface area contributed by atoms with Gasteiger partial charge < -0.3 is 5.32 Å². The summed E-state index contributed by atoms with van der Waals surface area (Å²) in [6, 6.07) is 0.119. The molecule has 1 aliphatic rings. The van der Waals surface area contributed by atoms with Crippen LogP contribution in [0.25, 0.3) is 0 Å². The van der Waals surface area contributed by atoms with Gasteiger partial charge in [0.05, 0.1) is 29.4 Å². The lowest BCUT2D eigenvalue weighted by Crippen LogP contribution is -2.22. The minimum atomic E-state index is -2.79. The van der Waals surface area contributed by atoms with Crippen LogP contribution in [0.5, 0.6) is 0 Å². The average molecular weight is 258 g/mol. The van der Waals surface area contributed by atoms with E-state index < -0.39 is 9.84 Å². The van der Waals surface area contributed by atoms with Crippen molar-refractivity contribution < 1.29 is 8.42 Å². The molecule has 1 saturated heterocycles. The zero-order chi connectivity index (χ0) is 12.5. The van der Waals surface area contributed by atoms with Crippen LogP contribution in [0.4, 0.5) is 0 Å². The topological polar surface area (TPSA) is 76.9 Å². The SMILES string of the molecule is CNC(CC1CCS(=O)(=O)C1)c1cnnn1C. The largest absolute Gasteiger partial charge is 0.312 e. The van der Waals surface area contributed by atoms with Gasteiger partial charge in [-0.3, -0.25) is 4.68 Å². The van der Waals surface area contributed by atoms with Crippen LogP contribution in [0.15, 0.2) is 6.20 Å². The quantitative estimate of drug-likeness (QED) is 0.816. The van der Waals surface area contributed by atoms with Crippen LogP contribution in [0, 0.1) is 5.92 Å². The molecule has 1 N–H and O–H groups in total. The Morgan fingerprint density at radius 3 is 2.88 bits per heavy atom. The number of aromatic nitrogens is 3. The molecule has 2 unspecified atom stereocenters. The van der Waals surface area contributed by atoms with Gasteiger partial charge in [0.1, 0.15) is 0 Å². The van der Waals surface area contributed by atoms with Crippen molar-refractivity contribution in [2.75, 3.05) is 18.6 Å². The molecule has 0 spiro atoms. The van der Waals surface area contributed by atoms with E-state index >= 15 is 0 Å². The molecule has 1 aliphatic heterocycles. The minimum absolute atomic E-state index is 0.119. The maximum atomic E-state index is 11.4. The fraction of sp³-hybridized carbons (Fsp3) is 0.800. The number of rotatable bonds is 4. The molecule has 17 heavy (non-hydrogen) atoms. The lowest BCUT2D eigenvalue weighted by atomic mass is 9.98. The van der Waals surface area contributed by atoms with Crippen molar-refractivity contribution in [1.29, 1.82) is 0 Å². The highest BCUT2D eigenvalue weighted by molar-refractivity contribution is 7.91. The number of nitrogens with one attached hydrogen (secondary N) is 1. The molecule has 1 aromatic heterocycles. The first kappa shape index (κ1) is 12.5. The van der Waals surface area contributed by atoms with E-state index in [1.807, 2.05) is 14.1 Å². The molecular formula is C10H18N4O2S. The van der Waals surface area contributed by atoms with Gasteiger partial charge in [0.2, 0.25) is 0 Å². The van der Waals surface area contributed by atoms with E-state index in [1.54, 1.807) is 10.9 Å². The van der Waals surface area contributed by atoms with Crippen LogP contribution in [-0.4, -0.2) is 42.0 Å². The van der Waals surface area contributed by atoms with Gasteiger partial charge in [0.25, 0.3) is 0 Å². The number of hydrogen-bond acceptors (Lipinski definition) is 5. The zero-order valence-electron chi connectivity index (χ0n) is 10.1. The highest BCUT2D eigenvalue weighted by Crippen LogP contribution is 2.28. The Balaban J connectivity index is 2.04. The molecule has 6 nitrogen and oxygen atoms in total. The number of aryl methyl sites for hydroxylation is 1. The Hall–Kier alpha value is -0.950. The van der Waals surface area contributed by atoms with Gasteiger partial charge in [-0.2, -0.15) is 0 Å². The summed E-state index contributed by atoms with van der Waals surface area (Å²) < 4.78 is 24.6. The summed E-state index contributed by atoms with van der Waals surface area (Å²) in [5.41, 5.74) is 0.997. The monoisotopic (exact) mass is 258 g/mol. The predicted octanol–water partition coefficient (Wildman–Crippen LogP) is -0.0996. The lowest BCUT2D eigenvalue weighted by Gasteiger charge is -2.18. The molecule has 7 heteroatoms. The first-order valence-electron chi connectivity index (χ1n) is 5.74. The normalized spacial score (nSPS) is 24.9. The van der Waals surface area contributed by atoms with Crippen molar-refractivity contribution >= 4 is 9.84 Å². The summed E-state index contributed by atoms with van der Waals surface area (Å²) >= 11 is 0. The van der Waals surface area contributed by atoms with E-state index in [0.29, 0.717) is 11.5 Å². The van der Waals surface area contributed by atoms with Gasteiger partial charge in [-0.1, -0.05) is 5.21 Å². The van der Waals surface area contributed by atoms with Crippen LogP contribution in [0.2, 0.25) is 0 Å². The van der Waals surface area contributed by atoms with Crippen LogP contribution in [0.1, 0.15) is 24.6 Å². The molecule has 1 aromatic rings. The van der Waals surface area contributed by atoms with Crippen LogP contribution < -0.4 is 5.32 Å². The van der Waals surface area contributed by atoms with E-state index in [4.69, 9.17) is 0 Å². The molecule has 96 valence electrons. The molecule has 0 aromatic carbocycles. The second-order valence-electron chi connectivity index (χ2n) is 4.63. The summed E-state index contributed by atoms with van der Waals surface area (Å²) in [5.74, 6) is 0.890. The molecule has 0 radical (unpaired) electrons. The Bertz CT molecular complexity index is 482. The second kappa shape index (κ2) is 4.73. The number of sulfone groups is 1. The van der Waals surface area contributed by atoms with Crippen LogP contribution in [-0.2, 0) is 16.9 Å². The molecule has 2 rings (SSSR count). The molecule has 2 atom stereocenters. The van der Waals surface area contributed by atoms with Gasteiger partial charge in [-0.25, -0.2) is 8.42 Å². The smallest absolute Gasteiger partial charge is 0.150 e. The Morgan fingerprint density at radius 1 is 1.65 bits per heavy atom. The minimum Gasteiger partial charge on any atom is -0.312 e. The van der Waals surface area contributed by atoms with E-state index in [1.165, 1.54) is 0 Å². The molecule has 0 amide bonds. The molecular weight excluding hydrogens is 240 g/mol. The molecule has 0 saturated carbocycles. The van der Waals surface area contributed by atoms with Crippen LogP contribution in [0.3, 0.4) is 0 Å². The maximum absolute atomic E-state index is 11.4. The Kier molecular flexibility index (Phi) is 3.48.